The van der Waals surface area contributed by atoms with Crippen molar-refractivity contribution in [2.75, 3.05) is 0 Å². The van der Waals surface area contributed by atoms with E-state index in [-0.39, 0.29) is 0 Å². The van der Waals surface area contributed by atoms with Crippen LogP contribution in [0.2, 0.25) is 0 Å². The minimum atomic E-state index is 0.344. The van der Waals surface area contributed by atoms with Gasteiger partial charge in [0.25, 0.3) is 0 Å². The van der Waals surface area contributed by atoms with Crippen molar-refractivity contribution in [1.29, 1.82) is 5.41 Å². The maximum atomic E-state index is 6.94. The Morgan fingerprint density at radius 1 is 1.44 bits per heavy atom. The predicted molar refractivity (Wildman–Crippen MR) is 41.3 cm³/mol. The van der Waals surface area contributed by atoms with Crippen molar-refractivity contribution >= 4 is 12.1 Å². The Balaban J connectivity index is 3.86. The smallest absolute Gasteiger partial charge is 0.117 e. The summed E-state index contributed by atoms with van der Waals surface area (Å²) in [5.74, 6) is 0.344. The van der Waals surface area contributed by atoms with E-state index in [1.54, 1.807) is 13.1 Å². The molecular weight excluding hydrogens is 112 g/mol. The van der Waals surface area contributed by atoms with Crippen LogP contribution in [0.1, 0.15) is 20.8 Å². The lowest BCUT2D eigenvalue weighted by Gasteiger charge is -1.85. The fourth-order valence-electron chi connectivity index (χ4n) is 0.273. The van der Waals surface area contributed by atoms with Crippen LogP contribution >= 0.6 is 0 Å². The highest BCUT2D eigenvalue weighted by Crippen LogP contribution is 1.85. The van der Waals surface area contributed by atoms with Gasteiger partial charge in [-0.3, -0.25) is 5.41 Å². The molecule has 0 heterocycles. The lowest BCUT2D eigenvalue weighted by atomic mass is 10.3. The van der Waals surface area contributed by atoms with Crippen LogP contribution in [0.25, 0.3) is 0 Å². The molecule has 0 fully saturated rings. The van der Waals surface area contributed by atoms with Gasteiger partial charge in [-0.1, -0.05) is 6.08 Å². The summed E-state index contributed by atoms with van der Waals surface area (Å²) in [5.41, 5.74) is 1.08. The van der Waals surface area contributed by atoms with E-state index in [9.17, 15) is 0 Å². The highest BCUT2D eigenvalue weighted by atomic mass is 14.8. The second-order valence-electron chi connectivity index (χ2n) is 1.88. The van der Waals surface area contributed by atoms with E-state index >= 15 is 0 Å². The Morgan fingerprint density at radius 2 is 2.00 bits per heavy atom. The maximum absolute atomic E-state index is 6.94. The number of nitrogens with zero attached hydrogens (tertiary/aromatic N) is 1. The van der Waals surface area contributed by atoms with Gasteiger partial charge in [0.05, 0.1) is 0 Å². The molecule has 0 amide bonds. The van der Waals surface area contributed by atoms with Crippen molar-refractivity contribution in [3.8, 4) is 0 Å². The number of allylic oxidation sites excluding steroid dienone is 2. The summed E-state index contributed by atoms with van der Waals surface area (Å²) in [6.07, 6.45) is 3.63. The molecule has 0 aliphatic rings. The molecule has 0 spiro atoms. The first-order valence-electron chi connectivity index (χ1n) is 2.89. The van der Waals surface area contributed by atoms with Crippen LogP contribution in [0.4, 0.5) is 0 Å². The van der Waals surface area contributed by atoms with Gasteiger partial charge in [0.15, 0.2) is 0 Å². The van der Waals surface area contributed by atoms with Crippen molar-refractivity contribution in [1.82, 2.24) is 0 Å². The molecule has 0 aromatic rings. The molecule has 2 heteroatoms. The topological polar surface area (TPSA) is 36.2 Å². The Labute approximate surface area is 55.8 Å². The second-order valence-corrected chi connectivity index (χ2v) is 1.88. The van der Waals surface area contributed by atoms with E-state index in [0.717, 1.165) is 5.57 Å². The Bertz CT molecular complexity index is 154. The predicted octanol–water partition coefficient (Wildman–Crippen LogP) is 2.02. The molecule has 0 aliphatic carbocycles. The van der Waals surface area contributed by atoms with Gasteiger partial charge in [0.1, 0.15) is 5.84 Å². The first kappa shape index (κ1) is 8.08. The number of hydrogen-bond acceptors (Lipinski definition) is 1. The summed E-state index contributed by atoms with van der Waals surface area (Å²) in [5, 5.41) is 6.94. The minimum Gasteiger partial charge on any atom is -0.287 e. The van der Waals surface area contributed by atoms with Gasteiger partial charge >= 0.3 is 0 Å². The van der Waals surface area contributed by atoms with Crippen LogP contribution in [0.3, 0.4) is 0 Å². The third kappa shape index (κ3) is 4.94. The van der Waals surface area contributed by atoms with E-state index in [1.807, 2.05) is 19.9 Å². The number of hydrogen-bond donors (Lipinski definition) is 1. The van der Waals surface area contributed by atoms with Crippen molar-refractivity contribution in [2.24, 2.45) is 4.99 Å². The van der Waals surface area contributed by atoms with E-state index < -0.39 is 0 Å². The zero-order valence-corrected chi connectivity index (χ0v) is 6.10. The van der Waals surface area contributed by atoms with E-state index in [2.05, 4.69) is 4.99 Å². The molecule has 0 saturated heterocycles. The summed E-state index contributed by atoms with van der Waals surface area (Å²) in [7, 11) is 0. The van der Waals surface area contributed by atoms with Gasteiger partial charge in [0.2, 0.25) is 0 Å². The van der Waals surface area contributed by atoms with E-state index in [0.29, 0.717) is 5.84 Å². The molecule has 0 aliphatic heterocycles. The van der Waals surface area contributed by atoms with Crippen LogP contribution in [0.5, 0.6) is 0 Å². The summed E-state index contributed by atoms with van der Waals surface area (Å²) < 4.78 is 0. The van der Waals surface area contributed by atoms with Crippen molar-refractivity contribution in [3.05, 3.63) is 11.6 Å². The van der Waals surface area contributed by atoms with Gasteiger partial charge in [-0.15, -0.1) is 0 Å². The van der Waals surface area contributed by atoms with Crippen LogP contribution < -0.4 is 0 Å². The number of amidine groups is 1. The average molecular weight is 124 g/mol. The van der Waals surface area contributed by atoms with Gasteiger partial charge in [-0.25, -0.2) is 4.99 Å². The molecular formula is C7H12N2. The molecule has 0 aromatic carbocycles. The largest absolute Gasteiger partial charge is 0.287 e. The highest BCUT2D eigenvalue weighted by molar-refractivity contribution is 5.91. The standard InChI is InChI=1S/C7H12N2/c1-4-6(2)5-9-7(3)8/h4-5,8H,1-3H3/b6-4-,8-7?,9-5-. The Morgan fingerprint density at radius 3 is 2.33 bits per heavy atom. The fraction of sp³-hybridized carbons (Fsp3) is 0.429. The van der Waals surface area contributed by atoms with Crippen molar-refractivity contribution in [3.63, 3.8) is 0 Å². The Hall–Kier alpha value is -0.920. The fourth-order valence-corrected chi connectivity index (χ4v) is 0.273. The lowest BCUT2D eigenvalue weighted by Crippen LogP contribution is -1.83. The molecule has 0 saturated carbocycles. The maximum Gasteiger partial charge on any atom is 0.117 e. The normalized spacial score (nSPS) is 12.6. The molecule has 50 valence electrons. The SMILES string of the molecule is C/C=C(C)\C=N/C(C)=N. The van der Waals surface area contributed by atoms with Gasteiger partial charge in [-0.05, 0) is 26.3 Å². The molecule has 0 aromatic heterocycles. The molecule has 0 unspecified atom stereocenters. The third-order valence-electron chi connectivity index (χ3n) is 0.917. The highest BCUT2D eigenvalue weighted by Gasteiger charge is 1.78. The summed E-state index contributed by atoms with van der Waals surface area (Å²) in [6.45, 7) is 5.55. The molecule has 0 bridgehead atoms. The van der Waals surface area contributed by atoms with E-state index in [1.165, 1.54) is 0 Å². The van der Waals surface area contributed by atoms with Crippen molar-refractivity contribution < 1.29 is 0 Å². The second kappa shape index (κ2) is 4.01. The minimum absolute atomic E-state index is 0.344. The van der Waals surface area contributed by atoms with Crippen molar-refractivity contribution in [2.45, 2.75) is 20.8 Å². The lowest BCUT2D eigenvalue weighted by molar-refractivity contribution is 1.41. The molecule has 0 radical (unpaired) electrons. The monoisotopic (exact) mass is 124 g/mol. The molecule has 9 heavy (non-hydrogen) atoms. The molecule has 2 nitrogen and oxygen atoms in total. The average Bonchev–Trinajstić information content (AvgIpc) is 1.83. The first-order valence-corrected chi connectivity index (χ1v) is 2.89. The zero-order valence-electron chi connectivity index (χ0n) is 6.10. The molecule has 1 N–H and O–H groups in total. The zero-order chi connectivity index (χ0) is 7.28. The summed E-state index contributed by atoms with van der Waals surface area (Å²) >= 11 is 0. The molecule has 0 atom stereocenters. The van der Waals surface area contributed by atoms with Crippen LogP contribution in [-0.4, -0.2) is 12.1 Å². The van der Waals surface area contributed by atoms with E-state index in [4.69, 9.17) is 5.41 Å². The number of aliphatic imine (C=N–C) groups is 1. The van der Waals surface area contributed by atoms with Gasteiger partial charge in [-0.2, -0.15) is 0 Å². The molecule has 0 rings (SSSR count). The van der Waals surface area contributed by atoms with Crippen LogP contribution in [0.15, 0.2) is 16.6 Å². The quantitative estimate of drug-likeness (QED) is 0.410. The van der Waals surface area contributed by atoms with Gasteiger partial charge in [0, 0.05) is 6.21 Å². The van der Waals surface area contributed by atoms with Crippen LogP contribution in [-0.2, 0) is 0 Å². The number of rotatable bonds is 1. The number of nitrogens with one attached hydrogen (secondary N) is 1. The summed E-state index contributed by atoms with van der Waals surface area (Å²) in [6, 6.07) is 0. The summed E-state index contributed by atoms with van der Waals surface area (Å²) in [4.78, 5) is 3.79. The van der Waals surface area contributed by atoms with Crippen LogP contribution in [0, 0.1) is 5.41 Å². The first-order chi connectivity index (χ1) is 4.16. The Kier molecular flexibility index (Phi) is 3.60. The van der Waals surface area contributed by atoms with Gasteiger partial charge < -0.3 is 0 Å². The third-order valence-corrected chi connectivity index (χ3v) is 0.917.